The molecule has 0 atom stereocenters. The number of nitrogens with two attached hydrogens (primary N) is 1. The number of nitrogen functional groups attached to an aromatic ring is 1. The molecular weight excluding hydrogens is 338 g/mol. The summed E-state index contributed by atoms with van der Waals surface area (Å²) in [5.41, 5.74) is 8.28. The fourth-order valence-electron chi connectivity index (χ4n) is 2.37. The first kappa shape index (κ1) is 18.8. The number of benzene rings is 2. The topological polar surface area (TPSA) is 84.2 Å². The van der Waals surface area contributed by atoms with Crippen LogP contribution in [0.2, 0.25) is 5.02 Å². The highest BCUT2D eigenvalue weighted by Gasteiger charge is 2.14. The van der Waals surface area contributed by atoms with Gasteiger partial charge in [0.05, 0.1) is 11.3 Å². The molecule has 5 nitrogen and oxygen atoms in total. The average Bonchev–Trinajstić information content (AvgIpc) is 2.59. The predicted molar refractivity (Wildman–Crippen MR) is 102 cm³/mol. The Balaban J connectivity index is 2.05. The number of para-hydroxylation sites is 1. The third-order valence-electron chi connectivity index (χ3n) is 3.71. The fraction of sp³-hybridized carbons (Fsp3) is 0.263. The molecule has 4 N–H and O–H groups in total. The van der Waals surface area contributed by atoms with Crippen LogP contribution in [0.1, 0.15) is 35.7 Å². The van der Waals surface area contributed by atoms with Crippen molar-refractivity contribution in [1.29, 1.82) is 0 Å². The van der Waals surface area contributed by atoms with Crippen LogP contribution in [0.15, 0.2) is 42.5 Å². The third-order valence-corrected chi connectivity index (χ3v) is 3.95. The Labute approximate surface area is 152 Å². The van der Waals surface area contributed by atoms with Gasteiger partial charge < -0.3 is 16.4 Å². The minimum atomic E-state index is -0.235. The van der Waals surface area contributed by atoms with Gasteiger partial charge in [0.1, 0.15) is 0 Å². The molecule has 0 saturated heterocycles. The van der Waals surface area contributed by atoms with Crippen molar-refractivity contribution in [2.45, 2.75) is 26.2 Å². The van der Waals surface area contributed by atoms with Crippen molar-refractivity contribution in [2.24, 2.45) is 0 Å². The highest BCUT2D eigenvalue weighted by molar-refractivity contribution is 6.31. The zero-order valence-corrected chi connectivity index (χ0v) is 14.9. The van der Waals surface area contributed by atoms with E-state index in [2.05, 4.69) is 10.6 Å². The van der Waals surface area contributed by atoms with Crippen molar-refractivity contribution in [3.63, 3.8) is 0 Å². The number of hydrogen-bond acceptors (Lipinski definition) is 3. The van der Waals surface area contributed by atoms with E-state index in [0.29, 0.717) is 34.9 Å². The van der Waals surface area contributed by atoms with Crippen LogP contribution < -0.4 is 16.4 Å². The molecule has 0 fully saturated rings. The Morgan fingerprint density at radius 2 is 1.92 bits per heavy atom. The minimum absolute atomic E-state index is 0.199. The maximum atomic E-state index is 12.3. The van der Waals surface area contributed by atoms with E-state index in [1.54, 1.807) is 24.3 Å². The zero-order valence-electron chi connectivity index (χ0n) is 14.1. The number of carbonyl (C=O) groups is 2. The van der Waals surface area contributed by atoms with Crippen LogP contribution in [-0.4, -0.2) is 18.4 Å². The van der Waals surface area contributed by atoms with E-state index < -0.39 is 0 Å². The zero-order chi connectivity index (χ0) is 18.2. The molecule has 0 aliphatic rings. The molecule has 2 rings (SSSR count). The fourth-order valence-corrected chi connectivity index (χ4v) is 2.55. The summed E-state index contributed by atoms with van der Waals surface area (Å²) in [5.74, 6) is -0.434. The van der Waals surface area contributed by atoms with Crippen LogP contribution in [0.5, 0.6) is 0 Å². The van der Waals surface area contributed by atoms with Gasteiger partial charge in [0.25, 0.3) is 5.91 Å². The van der Waals surface area contributed by atoms with Gasteiger partial charge in [0, 0.05) is 23.7 Å². The summed E-state index contributed by atoms with van der Waals surface area (Å²) < 4.78 is 0. The van der Waals surface area contributed by atoms with Gasteiger partial charge in [-0.3, -0.25) is 9.59 Å². The number of halogens is 1. The van der Waals surface area contributed by atoms with E-state index in [-0.39, 0.29) is 18.2 Å². The SMILES string of the molecule is CCCNC(=O)c1ccc(Cl)cc1NC(=O)CCc1ccccc1N. The summed E-state index contributed by atoms with van der Waals surface area (Å²) in [6.07, 6.45) is 1.62. The predicted octanol–water partition coefficient (Wildman–Crippen LogP) is 3.63. The Kier molecular flexibility index (Phi) is 6.83. The molecule has 2 amide bonds. The first-order valence-electron chi connectivity index (χ1n) is 8.22. The quantitative estimate of drug-likeness (QED) is 0.660. The smallest absolute Gasteiger partial charge is 0.253 e. The molecule has 0 unspecified atom stereocenters. The number of carbonyl (C=O) groups excluding carboxylic acids is 2. The van der Waals surface area contributed by atoms with Gasteiger partial charge in [-0.15, -0.1) is 0 Å². The maximum absolute atomic E-state index is 12.3. The molecule has 2 aromatic rings. The van der Waals surface area contributed by atoms with E-state index in [4.69, 9.17) is 17.3 Å². The van der Waals surface area contributed by atoms with Gasteiger partial charge in [-0.2, -0.15) is 0 Å². The molecule has 0 bridgehead atoms. The second kappa shape index (κ2) is 9.08. The number of rotatable bonds is 7. The maximum Gasteiger partial charge on any atom is 0.253 e. The first-order chi connectivity index (χ1) is 12.0. The second-order valence-electron chi connectivity index (χ2n) is 5.69. The van der Waals surface area contributed by atoms with E-state index in [9.17, 15) is 9.59 Å². The van der Waals surface area contributed by atoms with Crippen molar-refractivity contribution >= 4 is 34.8 Å². The molecule has 2 aromatic carbocycles. The van der Waals surface area contributed by atoms with Gasteiger partial charge in [-0.25, -0.2) is 0 Å². The lowest BCUT2D eigenvalue weighted by molar-refractivity contribution is -0.116. The van der Waals surface area contributed by atoms with Crippen LogP contribution in [0.25, 0.3) is 0 Å². The van der Waals surface area contributed by atoms with Crippen molar-refractivity contribution < 1.29 is 9.59 Å². The van der Waals surface area contributed by atoms with Gasteiger partial charge in [-0.1, -0.05) is 36.7 Å². The molecule has 0 spiro atoms. The van der Waals surface area contributed by atoms with Crippen LogP contribution in [-0.2, 0) is 11.2 Å². The lowest BCUT2D eigenvalue weighted by atomic mass is 10.1. The molecule has 0 heterocycles. The Morgan fingerprint density at radius 1 is 1.16 bits per heavy atom. The molecular formula is C19H22ClN3O2. The van der Waals surface area contributed by atoms with E-state index in [0.717, 1.165) is 12.0 Å². The van der Waals surface area contributed by atoms with Crippen molar-refractivity contribution in [1.82, 2.24) is 5.32 Å². The highest BCUT2D eigenvalue weighted by Crippen LogP contribution is 2.22. The molecule has 6 heteroatoms. The Hall–Kier alpha value is -2.53. The van der Waals surface area contributed by atoms with E-state index >= 15 is 0 Å². The first-order valence-corrected chi connectivity index (χ1v) is 8.60. The van der Waals surface area contributed by atoms with Gasteiger partial charge >= 0.3 is 0 Å². The average molecular weight is 360 g/mol. The lowest BCUT2D eigenvalue weighted by Crippen LogP contribution is -2.26. The molecule has 0 radical (unpaired) electrons. The minimum Gasteiger partial charge on any atom is -0.399 e. The number of hydrogen-bond donors (Lipinski definition) is 3. The van der Waals surface area contributed by atoms with Gasteiger partial charge in [-0.05, 0) is 42.7 Å². The van der Waals surface area contributed by atoms with Crippen molar-refractivity contribution in [2.75, 3.05) is 17.6 Å². The van der Waals surface area contributed by atoms with Crippen LogP contribution in [0.4, 0.5) is 11.4 Å². The summed E-state index contributed by atoms with van der Waals surface area (Å²) in [6.45, 7) is 2.54. The van der Waals surface area contributed by atoms with Crippen molar-refractivity contribution in [3.8, 4) is 0 Å². The third kappa shape index (κ3) is 5.50. The monoisotopic (exact) mass is 359 g/mol. The molecule has 0 saturated carbocycles. The van der Waals surface area contributed by atoms with E-state index in [1.165, 1.54) is 0 Å². The van der Waals surface area contributed by atoms with E-state index in [1.807, 2.05) is 25.1 Å². The summed E-state index contributed by atoms with van der Waals surface area (Å²) in [7, 11) is 0. The molecule has 0 aromatic heterocycles. The second-order valence-corrected chi connectivity index (χ2v) is 6.13. The summed E-state index contributed by atoms with van der Waals surface area (Å²) >= 11 is 6.00. The highest BCUT2D eigenvalue weighted by atomic mass is 35.5. The number of anilines is 2. The van der Waals surface area contributed by atoms with Crippen LogP contribution in [0.3, 0.4) is 0 Å². The summed E-state index contributed by atoms with van der Waals surface area (Å²) in [6, 6.07) is 12.3. The Morgan fingerprint density at radius 3 is 2.64 bits per heavy atom. The Bertz CT molecular complexity index is 762. The van der Waals surface area contributed by atoms with Crippen molar-refractivity contribution in [3.05, 3.63) is 58.6 Å². The largest absolute Gasteiger partial charge is 0.399 e. The van der Waals surface area contributed by atoms with Gasteiger partial charge in [0.15, 0.2) is 0 Å². The number of aryl methyl sites for hydroxylation is 1. The van der Waals surface area contributed by atoms with Crippen LogP contribution >= 0.6 is 11.6 Å². The standard InChI is InChI=1S/C19H22ClN3O2/c1-2-11-22-19(25)15-9-8-14(20)12-17(15)23-18(24)10-7-13-5-3-4-6-16(13)21/h3-6,8-9,12H,2,7,10-11,21H2,1H3,(H,22,25)(H,23,24). The molecule has 0 aliphatic heterocycles. The van der Waals surface area contributed by atoms with Crippen LogP contribution in [0, 0.1) is 0 Å². The number of amides is 2. The van der Waals surface area contributed by atoms with Gasteiger partial charge in [0.2, 0.25) is 5.91 Å². The number of nitrogens with one attached hydrogen (secondary N) is 2. The lowest BCUT2D eigenvalue weighted by Gasteiger charge is -2.12. The molecule has 132 valence electrons. The summed E-state index contributed by atoms with van der Waals surface area (Å²) in [5, 5.41) is 6.02. The normalized spacial score (nSPS) is 10.3. The molecule has 25 heavy (non-hydrogen) atoms. The summed E-state index contributed by atoms with van der Waals surface area (Å²) in [4.78, 5) is 24.5. The molecule has 0 aliphatic carbocycles.